The number of benzene rings is 2. The first-order chi connectivity index (χ1) is 14.9. The highest BCUT2D eigenvalue weighted by Gasteiger charge is 2.18. The van der Waals surface area contributed by atoms with Gasteiger partial charge in [-0.1, -0.05) is 0 Å². The van der Waals surface area contributed by atoms with Gasteiger partial charge in [-0.3, -0.25) is 9.59 Å². The molecule has 31 heavy (non-hydrogen) atoms. The molecule has 0 aliphatic carbocycles. The van der Waals surface area contributed by atoms with E-state index in [1.54, 1.807) is 48.5 Å². The summed E-state index contributed by atoms with van der Waals surface area (Å²) >= 11 is 0. The van der Waals surface area contributed by atoms with Crippen molar-refractivity contribution in [2.24, 2.45) is 0 Å². The highest BCUT2D eigenvalue weighted by atomic mass is 16.6. The highest BCUT2D eigenvalue weighted by Crippen LogP contribution is 2.20. The van der Waals surface area contributed by atoms with Crippen molar-refractivity contribution < 1.29 is 28.6 Å². The number of amides is 1. The number of anilines is 1. The second-order valence-electron chi connectivity index (χ2n) is 6.41. The van der Waals surface area contributed by atoms with E-state index in [4.69, 9.17) is 19.5 Å². The normalized spacial score (nSPS) is 9.97. The van der Waals surface area contributed by atoms with Crippen LogP contribution in [0.1, 0.15) is 30.6 Å². The molecule has 2 aromatic rings. The molecule has 0 aliphatic rings. The van der Waals surface area contributed by atoms with Crippen LogP contribution in [0.4, 0.5) is 5.69 Å². The van der Waals surface area contributed by atoms with E-state index < -0.39 is 18.5 Å². The summed E-state index contributed by atoms with van der Waals surface area (Å²) in [7, 11) is 0. The second-order valence-corrected chi connectivity index (χ2v) is 6.41. The van der Waals surface area contributed by atoms with E-state index in [0.29, 0.717) is 29.4 Å². The Labute approximate surface area is 180 Å². The third kappa shape index (κ3) is 7.48. The molecule has 0 bridgehead atoms. The van der Waals surface area contributed by atoms with Crippen LogP contribution < -0.4 is 14.4 Å². The largest absolute Gasteiger partial charge is 0.494 e. The predicted molar refractivity (Wildman–Crippen MR) is 113 cm³/mol. The predicted octanol–water partition coefficient (Wildman–Crippen LogP) is 3.16. The van der Waals surface area contributed by atoms with Crippen LogP contribution in [0.5, 0.6) is 11.5 Å². The van der Waals surface area contributed by atoms with Crippen LogP contribution >= 0.6 is 0 Å². The number of carbonyl (C=O) groups is 3. The highest BCUT2D eigenvalue weighted by molar-refractivity contribution is 5.95. The first-order valence-electron chi connectivity index (χ1n) is 9.74. The molecule has 0 unspecified atom stereocenters. The maximum absolute atomic E-state index is 12.6. The SMILES string of the molecule is CCOc1ccc(N(CCC#N)C(=O)COC(=O)COc2ccc(C(C)=O)cc2)cc1. The zero-order chi connectivity index (χ0) is 22.6. The van der Waals surface area contributed by atoms with Gasteiger partial charge in [0, 0.05) is 17.8 Å². The van der Waals surface area contributed by atoms with Crippen LogP contribution in [0.3, 0.4) is 0 Å². The molecular formula is C23H24N2O6. The van der Waals surface area contributed by atoms with Crippen LogP contribution in [0.25, 0.3) is 0 Å². The number of nitrogens with zero attached hydrogens (tertiary/aromatic N) is 2. The zero-order valence-corrected chi connectivity index (χ0v) is 17.5. The molecule has 0 spiro atoms. The van der Waals surface area contributed by atoms with Crippen LogP contribution in [-0.2, 0) is 14.3 Å². The van der Waals surface area contributed by atoms with Crippen molar-refractivity contribution in [3.8, 4) is 17.6 Å². The van der Waals surface area contributed by atoms with Gasteiger partial charge in [-0.05, 0) is 62.4 Å². The molecule has 0 heterocycles. The van der Waals surface area contributed by atoms with Gasteiger partial charge in [-0.2, -0.15) is 5.26 Å². The van der Waals surface area contributed by atoms with Crippen LogP contribution in [-0.4, -0.2) is 44.0 Å². The van der Waals surface area contributed by atoms with Crippen molar-refractivity contribution >= 4 is 23.3 Å². The van der Waals surface area contributed by atoms with E-state index >= 15 is 0 Å². The number of Topliss-reactive ketones (excluding diaryl/α,β-unsaturated/α-hetero) is 1. The zero-order valence-electron chi connectivity index (χ0n) is 17.5. The van der Waals surface area contributed by atoms with E-state index in [1.165, 1.54) is 11.8 Å². The minimum atomic E-state index is -0.712. The van der Waals surface area contributed by atoms with Gasteiger partial charge in [0.05, 0.1) is 19.1 Å². The fourth-order valence-corrected chi connectivity index (χ4v) is 2.64. The standard InChI is InChI=1S/C23H24N2O6/c1-3-29-20-11-7-19(8-12-20)25(14-4-13-24)22(27)15-31-23(28)16-30-21-9-5-18(6-10-21)17(2)26/h5-12H,3-4,14-16H2,1-2H3. The lowest BCUT2D eigenvalue weighted by Gasteiger charge is -2.22. The minimum absolute atomic E-state index is 0.0713. The number of hydrogen-bond acceptors (Lipinski definition) is 7. The Morgan fingerprint density at radius 3 is 2.13 bits per heavy atom. The molecule has 0 N–H and O–H groups in total. The van der Waals surface area contributed by atoms with Crippen molar-refractivity contribution in [2.75, 3.05) is 31.3 Å². The van der Waals surface area contributed by atoms with Crippen molar-refractivity contribution in [1.82, 2.24) is 0 Å². The topological polar surface area (TPSA) is 106 Å². The summed E-state index contributed by atoms with van der Waals surface area (Å²) in [6.07, 6.45) is 0.131. The van der Waals surface area contributed by atoms with E-state index in [1.807, 2.05) is 13.0 Å². The summed E-state index contributed by atoms with van der Waals surface area (Å²) in [5.41, 5.74) is 1.11. The second kappa shape index (κ2) is 12.0. The van der Waals surface area contributed by atoms with Crippen molar-refractivity contribution in [3.63, 3.8) is 0 Å². The summed E-state index contributed by atoms with van der Waals surface area (Å²) in [5.74, 6) is -0.176. The quantitative estimate of drug-likeness (QED) is 0.403. The number of ketones is 1. The number of hydrogen-bond donors (Lipinski definition) is 0. The Morgan fingerprint density at radius 1 is 0.935 bits per heavy atom. The van der Waals surface area contributed by atoms with Crippen molar-refractivity contribution in [3.05, 3.63) is 54.1 Å². The number of ether oxygens (including phenoxy) is 3. The Morgan fingerprint density at radius 2 is 1.55 bits per heavy atom. The van der Waals surface area contributed by atoms with Gasteiger partial charge in [0.15, 0.2) is 19.0 Å². The van der Waals surface area contributed by atoms with E-state index in [0.717, 1.165) is 0 Å². The molecule has 1 amide bonds. The van der Waals surface area contributed by atoms with Gasteiger partial charge in [0.1, 0.15) is 11.5 Å². The molecule has 0 saturated carbocycles. The molecule has 162 valence electrons. The van der Waals surface area contributed by atoms with Gasteiger partial charge in [-0.25, -0.2) is 4.79 Å². The van der Waals surface area contributed by atoms with Crippen LogP contribution in [0.15, 0.2) is 48.5 Å². The lowest BCUT2D eigenvalue weighted by Crippen LogP contribution is -2.36. The maximum Gasteiger partial charge on any atom is 0.344 e. The number of nitriles is 1. The van der Waals surface area contributed by atoms with Crippen LogP contribution in [0, 0.1) is 11.3 Å². The molecule has 0 atom stereocenters. The first kappa shape index (κ1) is 23.4. The summed E-state index contributed by atoms with van der Waals surface area (Å²) in [6, 6.07) is 15.2. The maximum atomic E-state index is 12.6. The average molecular weight is 424 g/mol. The van der Waals surface area contributed by atoms with E-state index in [-0.39, 0.29) is 25.4 Å². The fourth-order valence-electron chi connectivity index (χ4n) is 2.64. The fraction of sp³-hybridized carbons (Fsp3) is 0.304. The molecule has 0 saturated heterocycles. The molecule has 8 heteroatoms. The molecule has 0 radical (unpaired) electrons. The smallest absolute Gasteiger partial charge is 0.344 e. The lowest BCUT2D eigenvalue weighted by molar-refractivity contribution is -0.149. The third-order valence-electron chi connectivity index (χ3n) is 4.18. The molecule has 2 rings (SSSR count). The summed E-state index contributed by atoms with van der Waals surface area (Å²) in [4.78, 5) is 37.2. The average Bonchev–Trinajstić information content (AvgIpc) is 2.78. The Hall–Kier alpha value is -3.86. The van der Waals surface area contributed by atoms with Gasteiger partial charge >= 0.3 is 5.97 Å². The molecule has 0 aromatic heterocycles. The Balaban J connectivity index is 1.89. The summed E-state index contributed by atoms with van der Waals surface area (Å²) in [6.45, 7) is 3.15. The van der Waals surface area contributed by atoms with E-state index in [2.05, 4.69) is 0 Å². The van der Waals surface area contributed by atoms with Gasteiger partial charge < -0.3 is 19.1 Å². The molecular weight excluding hydrogens is 400 g/mol. The lowest BCUT2D eigenvalue weighted by atomic mass is 10.1. The van der Waals surface area contributed by atoms with Crippen molar-refractivity contribution in [2.45, 2.75) is 20.3 Å². The van der Waals surface area contributed by atoms with Gasteiger partial charge in [0.2, 0.25) is 0 Å². The van der Waals surface area contributed by atoms with Gasteiger partial charge in [-0.15, -0.1) is 0 Å². The Kier molecular flexibility index (Phi) is 9.05. The summed E-state index contributed by atoms with van der Waals surface area (Å²) in [5, 5.41) is 8.87. The number of carbonyl (C=O) groups excluding carboxylic acids is 3. The van der Waals surface area contributed by atoms with Crippen molar-refractivity contribution in [1.29, 1.82) is 5.26 Å². The number of rotatable bonds is 11. The van der Waals surface area contributed by atoms with Crippen LogP contribution in [0.2, 0.25) is 0 Å². The molecule has 8 nitrogen and oxygen atoms in total. The first-order valence-corrected chi connectivity index (χ1v) is 9.74. The monoisotopic (exact) mass is 424 g/mol. The molecule has 0 fully saturated rings. The third-order valence-corrected chi connectivity index (χ3v) is 4.18. The Bertz CT molecular complexity index is 932. The minimum Gasteiger partial charge on any atom is -0.494 e. The van der Waals surface area contributed by atoms with E-state index in [9.17, 15) is 14.4 Å². The summed E-state index contributed by atoms with van der Waals surface area (Å²) < 4.78 is 15.7. The number of esters is 1. The molecule has 0 aliphatic heterocycles. The molecule has 2 aromatic carbocycles. The van der Waals surface area contributed by atoms with Gasteiger partial charge in [0.25, 0.3) is 5.91 Å².